The Kier molecular flexibility index (Phi) is 5.01. The Labute approximate surface area is 158 Å². The van der Waals surface area contributed by atoms with Crippen LogP contribution in [0, 0.1) is 5.82 Å². The standard InChI is InChI=1S/C22H22FN3O/c23-17-8-6-7-16(13-17)14-22(27)24-15-21-25-19-11-4-5-12-20(19)26(21)18-9-2-1-3-10-18/h1-3,6-10,13H,4-5,11-12,14-15H2,(H,24,27). The Bertz CT molecular complexity index is 949. The maximum atomic E-state index is 13.3. The fourth-order valence-electron chi connectivity index (χ4n) is 3.67. The fourth-order valence-corrected chi connectivity index (χ4v) is 3.67. The normalized spacial score (nSPS) is 13.2. The Hall–Kier alpha value is -2.95. The van der Waals surface area contributed by atoms with E-state index in [4.69, 9.17) is 4.98 Å². The van der Waals surface area contributed by atoms with Crippen LogP contribution in [-0.4, -0.2) is 15.5 Å². The van der Waals surface area contributed by atoms with Crippen molar-refractivity contribution in [2.75, 3.05) is 0 Å². The second kappa shape index (κ2) is 7.74. The van der Waals surface area contributed by atoms with Gasteiger partial charge in [-0.2, -0.15) is 0 Å². The second-order valence-corrected chi connectivity index (χ2v) is 6.88. The number of fused-ring (bicyclic) bond motifs is 1. The Morgan fingerprint density at radius 2 is 1.89 bits per heavy atom. The number of amides is 1. The van der Waals surface area contributed by atoms with Crippen molar-refractivity contribution in [1.29, 1.82) is 0 Å². The zero-order valence-corrected chi connectivity index (χ0v) is 15.1. The molecule has 4 rings (SSSR count). The molecule has 2 aromatic carbocycles. The van der Waals surface area contributed by atoms with Crippen molar-refractivity contribution >= 4 is 5.91 Å². The van der Waals surface area contributed by atoms with Crippen molar-refractivity contribution in [3.05, 3.63) is 83.2 Å². The Morgan fingerprint density at radius 3 is 2.70 bits per heavy atom. The quantitative estimate of drug-likeness (QED) is 0.750. The molecule has 27 heavy (non-hydrogen) atoms. The summed E-state index contributed by atoms with van der Waals surface area (Å²) < 4.78 is 15.5. The topological polar surface area (TPSA) is 46.9 Å². The third-order valence-electron chi connectivity index (χ3n) is 4.91. The molecule has 3 aromatic rings. The van der Waals surface area contributed by atoms with E-state index < -0.39 is 0 Å². The summed E-state index contributed by atoms with van der Waals surface area (Å²) in [6, 6.07) is 16.3. The summed E-state index contributed by atoms with van der Waals surface area (Å²) in [6.07, 6.45) is 4.47. The third-order valence-corrected chi connectivity index (χ3v) is 4.91. The average Bonchev–Trinajstić information content (AvgIpc) is 3.05. The van der Waals surface area contributed by atoms with Gasteiger partial charge >= 0.3 is 0 Å². The summed E-state index contributed by atoms with van der Waals surface area (Å²) >= 11 is 0. The molecule has 0 aliphatic heterocycles. The monoisotopic (exact) mass is 363 g/mol. The molecule has 0 atom stereocenters. The summed E-state index contributed by atoms with van der Waals surface area (Å²) in [5, 5.41) is 2.94. The van der Waals surface area contributed by atoms with Crippen molar-refractivity contribution in [3.8, 4) is 5.69 Å². The van der Waals surface area contributed by atoms with Crippen LogP contribution in [0.25, 0.3) is 5.69 Å². The molecule has 4 nitrogen and oxygen atoms in total. The molecule has 0 bridgehead atoms. The van der Waals surface area contributed by atoms with Crippen molar-refractivity contribution in [3.63, 3.8) is 0 Å². The number of benzene rings is 2. The highest BCUT2D eigenvalue weighted by atomic mass is 19.1. The van der Waals surface area contributed by atoms with Crippen LogP contribution in [-0.2, 0) is 30.6 Å². The molecule has 0 saturated heterocycles. The van der Waals surface area contributed by atoms with Crippen LogP contribution in [0.2, 0.25) is 0 Å². The molecule has 0 fully saturated rings. The zero-order valence-electron chi connectivity index (χ0n) is 15.1. The van der Waals surface area contributed by atoms with Gasteiger partial charge in [0, 0.05) is 11.4 Å². The number of carbonyl (C=O) groups excluding carboxylic acids is 1. The Balaban J connectivity index is 1.53. The minimum Gasteiger partial charge on any atom is -0.349 e. The fraction of sp³-hybridized carbons (Fsp3) is 0.273. The Morgan fingerprint density at radius 1 is 1.07 bits per heavy atom. The molecule has 0 radical (unpaired) electrons. The first-order valence-electron chi connectivity index (χ1n) is 9.36. The van der Waals surface area contributed by atoms with E-state index in [1.54, 1.807) is 12.1 Å². The summed E-state index contributed by atoms with van der Waals surface area (Å²) in [4.78, 5) is 17.1. The SMILES string of the molecule is O=C(Cc1cccc(F)c1)NCc1nc2c(n1-c1ccccc1)CCCC2. The van der Waals surface area contributed by atoms with Gasteiger partial charge in [0.2, 0.25) is 5.91 Å². The number of aromatic nitrogens is 2. The van der Waals surface area contributed by atoms with Gasteiger partial charge in [-0.15, -0.1) is 0 Å². The van der Waals surface area contributed by atoms with E-state index in [1.165, 1.54) is 17.8 Å². The lowest BCUT2D eigenvalue weighted by Gasteiger charge is -2.15. The molecule has 1 aromatic heterocycles. The largest absolute Gasteiger partial charge is 0.349 e. The van der Waals surface area contributed by atoms with Gasteiger partial charge in [-0.1, -0.05) is 30.3 Å². The molecule has 138 valence electrons. The predicted molar refractivity (Wildman–Crippen MR) is 102 cm³/mol. The summed E-state index contributed by atoms with van der Waals surface area (Å²) in [7, 11) is 0. The van der Waals surface area contributed by atoms with Gasteiger partial charge in [-0.3, -0.25) is 9.36 Å². The molecule has 5 heteroatoms. The van der Waals surface area contributed by atoms with Crippen LogP contribution >= 0.6 is 0 Å². The van der Waals surface area contributed by atoms with E-state index in [9.17, 15) is 9.18 Å². The molecule has 0 unspecified atom stereocenters. The molecule has 0 spiro atoms. The molecular weight excluding hydrogens is 341 g/mol. The van der Waals surface area contributed by atoms with Crippen molar-refractivity contribution in [2.45, 2.75) is 38.6 Å². The first kappa shape index (κ1) is 17.5. The number of hydrogen-bond donors (Lipinski definition) is 1. The van der Waals surface area contributed by atoms with Gasteiger partial charge in [0.1, 0.15) is 11.6 Å². The van der Waals surface area contributed by atoms with Crippen LogP contribution in [0.3, 0.4) is 0 Å². The predicted octanol–water partition coefficient (Wildman–Crippen LogP) is 3.75. The smallest absolute Gasteiger partial charge is 0.224 e. The van der Waals surface area contributed by atoms with E-state index in [2.05, 4.69) is 22.0 Å². The molecule has 1 aliphatic rings. The van der Waals surface area contributed by atoms with Crippen LogP contribution in [0.15, 0.2) is 54.6 Å². The van der Waals surface area contributed by atoms with Crippen molar-refractivity contribution in [2.24, 2.45) is 0 Å². The van der Waals surface area contributed by atoms with Crippen LogP contribution < -0.4 is 5.32 Å². The van der Waals surface area contributed by atoms with E-state index >= 15 is 0 Å². The van der Waals surface area contributed by atoms with Gasteiger partial charge in [-0.05, 0) is 55.5 Å². The highest BCUT2D eigenvalue weighted by molar-refractivity contribution is 5.78. The van der Waals surface area contributed by atoms with E-state index in [1.807, 2.05) is 18.2 Å². The van der Waals surface area contributed by atoms with Crippen LogP contribution in [0.5, 0.6) is 0 Å². The van der Waals surface area contributed by atoms with E-state index in [-0.39, 0.29) is 18.1 Å². The maximum Gasteiger partial charge on any atom is 0.224 e. The molecule has 1 aliphatic carbocycles. The molecule has 0 saturated carbocycles. The summed E-state index contributed by atoms with van der Waals surface area (Å²) in [5.74, 6) is 0.384. The summed E-state index contributed by atoms with van der Waals surface area (Å²) in [5.41, 5.74) is 4.13. The summed E-state index contributed by atoms with van der Waals surface area (Å²) in [6.45, 7) is 0.357. The zero-order chi connectivity index (χ0) is 18.6. The number of imidazole rings is 1. The van der Waals surface area contributed by atoms with Crippen molar-refractivity contribution < 1.29 is 9.18 Å². The first-order valence-corrected chi connectivity index (χ1v) is 9.36. The molecular formula is C22H22FN3O. The van der Waals surface area contributed by atoms with Crippen LogP contribution in [0.4, 0.5) is 4.39 Å². The van der Waals surface area contributed by atoms with Gasteiger partial charge in [0.25, 0.3) is 0 Å². The number of nitrogens with zero attached hydrogens (tertiary/aromatic N) is 2. The first-order chi connectivity index (χ1) is 13.2. The van der Waals surface area contributed by atoms with Gasteiger partial charge in [0.05, 0.1) is 18.7 Å². The highest BCUT2D eigenvalue weighted by Gasteiger charge is 2.21. The van der Waals surface area contributed by atoms with Crippen molar-refractivity contribution in [1.82, 2.24) is 14.9 Å². The number of halogens is 1. The number of hydrogen-bond acceptors (Lipinski definition) is 2. The van der Waals surface area contributed by atoms with Gasteiger partial charge in [-0.25, -0.2) is 9.37 Å². The van der Waals surface area contributed by atoms with Gasteiger partial charge < -0.3 is 5.32 Å². The third kappa shape index (κ3) is 3.92. The van der Waals surface area contributed by atoms with E-state index in [0.29, 0.717) is 12.1 Å². The average molecular weight is 363 g/mol. The molecule has 1 amide bonds. The minimum absolute atomic E-state index is 0.138. The van der Waals surface area contributed by atoms with Crippen LogP contribution in [0.1, 0.15) is 35.6 Å². The lowest BCUT2D eigenvalue weighted by molar-refractivity contribution is -0.120. The number of rotatable bonds is 5. The molecule has 1 heterocycles. The van der Waals surface area contributed by atoms with Gasteiger partial charge in [0.15, 0.2) is 0 Å². The highest BCUT2D eigenvalue weighted by Crippen LogP contribution is 2.25. The lowest BCUT2D eigenvalue weighted by atomic mass is 10.0. The second-order valence-electron chi connectivity index (χ2n) is 6.88. The number of para-hydroxylation sites is 1. The number of carbonyl (C=O) groups is 1. The number of nitrogens with one attached hydrogen (secondary N) is 1. The minimum atomic E-state index is -0.326. The lowest BCUT2D eigenvalue weighted by Crippen LogP contribution is -2.26. The van der Waals surface area contributed by atoms with E-state index in [0.717, 1.165) is 42.9 Å². The number of aryl methyl sites for hydroxylation is 1. The maximum absolute atomic E-state index is 13.3. The molecule has 1 N–H and O–H groups in total.